The first-order chi connectivity index (χ1) is 11.4. The van der Waals surface area contributed by atoms with Gasteiger partial charge in [0.25, 0.3) is 0 Å². The van der Waals surface area contributed by atoms with Gasteiger partial charge in [0, 0.05) is 5.92 Å². The summed E-state index contributed by atoms with van der Waals surface area (Å²) in [7, 11) is 0. The molecule has 0 radical (unpaired) electrons. The van der Waals surface area contributed by atoms with E-state index >= 15 is 0 Å². The van der Waals surface area contributed by atoms with Crippen molar-refractivity contribution in [2.45, 2.75) is 123 Å². The molecule has 1 N–H and O–H groups in total. The summed E-state index contributed by atoms with van der Waals surface area (Å²) in [6, 6.07) is 0. The third kappa shape index (κ3) is 9.20. The fraction of sp³-hybridized carbons (Fsp3) is 0.955. The zero-order valence-corrected chi connectivity index (χ0v) is 16.6. The Morgan fingerprint density at radius 2 is 1.29 bits per heavy atom. The van der Waals surface area contributed by atoms with Gasteiger partial charge in [0.05, 0.1) is 0 Å². The van der Waals surface area contributed by atoms with Crippen molar-refractivity contribution < 1.29 is 9.90 Å². The second kappa shape index (κ2) is 12.1. The smallest absolute Gasteiger partial charge is 0.166 e. The van der Waals surface area contributed by atoms with Crippen LogP contribution in [0, 0.1) is 11.8 Å². The molecular weight excluding hydrogens is 296 g/mol. The van der Waals surface area contributed by atoms with Crippen LogP contribution in [0.25, 0.3) is 0 Å². The highest BCUT2D eigenvalue weighted by molar-refractivity contribution is 5.88. The second-order valence-electron chi connectivity index (χ2n) is 8.61. The number of carbonyl (C=O) groups is 1. The summed E-state index contributed by atoms with van der Waals surface area (Å²) in [5, 5.41) is 9.86. The first-order valence-electron chi connectivity index (χ1n) is 10.7. The Labute approximate surface area is 150 Å². The van der Waals surface area contributed by atoms with E-state index in [0.29, 0.717) is 0 Å². The predicted octanol–water partition coefficient (Wildman–Crippen LogP) is 6.44. The molecule has 0 aromatic rings. The largest absolute Gasteiger partial charge is 0.383 e. The van der Waals surface area contributed by atoms with Crippen molar-refractivity contribution in [2.75, 3.05) is 0 Å². The van der Waals surface area contributed by atoms with Gasteiger partial charge in [-0.2, -0.15) is 0 Å². The van der Waals surface area contributed by atoms with Gasteiger partial charge in [0.1, 0.15) is 5.60 Å². The summed E-state index contributed by atoms with van der Waals surface area (Å²) in [5.41, 5.74) is -1.14. The summed E-state index contributed by atoms with van der Waals surface area (Å²) >= 11 is 0. The lowest BCUT2D eigenvalue weighted by Gasteiger charge is -2.30. The number of hydrogen-bond acceptors (Lipinski definition) is 2. The van der Waals surface area contributed by atoms with Gasteiger partial charge in [-0.05, 0) is 45.4 Å². The molecule has 1 saturated carbocycles. The first-order valence-corrected chi connectivity index (χ1v) is 10.7. The SMILES string of the molecule is CCCCCCCCCCCCC1CCC(C(=O)C(C)(C)O)CC1. The Balaban J connectivity index is 1.96. The Hall–Kier alpha value is -0.370. The third-order valence-corrected chi connectivity index (χ3v) is 5.79. The van der Waals surface area contributed by atoms with Crippen molar-refractivity contribution in [1.82, 2.24) is 0 Å². The van der Waals surface area contributed by atoms with Gasteiger partial charge in [-0.3, -0.25) is 4.79 Å². The predicted molar refractivity (Wildman–Crippen MR) is 103 cm³/mol. The van der Waals surface area contributed by atoms with Crippen LogP contribution >= 0.6 is 0 Å². The van der Waals surface area contributed by atoms with E-state index in [1.54, 1.807) is 13.8 Å². The van der Waals surface area contributed by atoms with Crippen LogP contribution in [0.1, 0.15) is 117 Å². The molecule has 0 aromatic carbocycles. The number of hydrogen-bond donors (Lipinski definition) is 1. The molecule has 0 heterocycles. The topological polar surface area (TPSA) is 37.3 Å². The standard InChI is InChI=1S/C22H42O2/c1-4-5-6-7-8-9-10-11-12-13-14-19-15-17-20(18-16-19)21(23)22(2,3)24/h19-20,24H,4-18H2,1-3H3. The Kier molecular flexibility index (Phi) is 10.9. The molecule has 0 aliphatic heterocycles. The molecule has 1 aliphatic carbocycles. The fourth-order valence-corrected chi connectivity index (χ4v) is 4.13. The molecule has 0 amide bonds. The first kappa shape index (κ1) is 21.7. The van der Waals surface area contributed by atoms with Crippen LogP contribution in [0.3, 0.4) is 0 Å². The van der Waals surface area contributed by atoms with Crippen LogP contribution in [0.5, 0.6) is 0 Å². The average Bonchev–Trinajstić information content (AvgIpc) is 2.55. The lowest BCUT2D eigenvalue weighted by atomic mass is 9.75. The molecule has 0 atom stereocenters. The highest BCUT2D eigenvalue weighted by Gasteiger charge is 2.33. The number of Topliss-reactive ketones (excluding diaryl/α,β-unsaturated/α-hetero) is 1. The third-order valence-electron chi connectivity index (χ3n) is 5.79. The zero-order valence-electron chi connectivity index (χ0n) is 16.6. The molecule has 1 rings (SSSR count). The van der Waals surface area contributed by atoms with Crippen molar-refractivity contribution in [2.24, 2.45) is 11.8 Å². The second-order valence-corrected chi connectivity index (χ2v) is 8.61. The summed E-state index contributed by atoms with van der Waals surface area (Å²) in [6.45, 7) is 5.54. The van der Waals surface area contributed by atoms with E-state index in [1.165, 1.54) is 83.5 Å². The molecule has 142 valence electrons. The van der Waals surface area contributed by atoms with Gasteiger partial charge in [-0.25, -0.2) is 0 Å². The van der Waals surface area contributed by atoms with E-state index in [9.17, 15) is 9.90 Å². The minimum Gasteiger partial charge on any atom is -0.383 e. The van der Waals surface area contributed by atoms with Crippen molar-refractivity contribution in [3.8, 4) is 0 Å². The average molecular weight is 339 g/mol. The summed E-state index contributed by atoms with van der Waals surface area (Å²) in [5.74, 6) is 0.985. The molecule has 2 nitrogen and oxygen atoms in total. The Morgan fingerprint density at radius 1 is 0.833 bits per heavy atom. The highest BCUT2D eigenvalue weighted by atomic mass is 16.3. The van der Waals surface area contributed by atoms with E-state index < -0.39 is 5.60 Å². The van der Waals surface area contributed by atoms with Crippen molar-refractivity contribution in [3.05, 3.63) is 0 Å². The molecule has 0 spiro atoms. The number of carbonyl (C=O) groups excluding carboxylic acids is 1. The Morgan fingerprint density at radius 3 is 1.75 bits per heavy atom. The van der Waals surface area contributed by atoms with E-state index in [2.05, 4.69) is 6.92 Å². The van der Waals surface area contributed by atoms with Gasteiger partial charge in [-0.1, -0.05) is 77.6 Å². The summed E-state index contributed by atoms with van der Waals surface area (Å²) in [6.07, 6.45) is 19.7. The molecule has 0 saturated heterocycles. The molecule has 0 unspecified atom stereocenters. The van der Waals surface area contributed by atoms with Crippen LogP contribution in [0.15, 0.2) is 0 Å². The van der Waals surface area contributed by atoms with Gasteiger partial charge in [0.15, 0.2) is 5.78 Å². The maximum absolute atomic E-state index is 12.1. The Bertz CT molecular complexity index is 321. The van der Waals surface area contributed by atoms with E-state index in [0.717, 1.165) is 18.8 Å². The summed E-state index contributed by atoms with van der Waals surface area (Å²) < 4.78 is 0. The van der Waals surface area contributed by atoms with Crippen LogP contribution in [-0.4, -0.2) is 16.5 Å². The molecule has 0 aromatic heterocycles. The number of aliphatic hydroxyl groups is 1. The highest BCUT2D eigenvalue weighted by Crippen LogP contribution is 2.34. The minimum absolute atomic E-state index is 0.0555. The monoisotopic (exact) mass is 338 g/mol. The molecular formula is C22H42O2. The minimum atomic E-state index is -1.14. The van der Waals surface area contributed by atoms with Gasteiger partial charge in [0.2, 0.25) is 0 Å². The quantitative estimate of drug-likeness (QED) is 0.392. The van der Waals surface area contributed by atoms with Crippen LogP contribution in [-0.2, 0) is 4.79 Å². The molecule has 1 aliphatic rings. The number of rotatable bonds is 13. The molecule has 24 heavy (non-hydrogen) atoms. The molecule has 1 fully saturated rings. The molecule has 0 bridgehead atoms. The maximum atomic E-state index is 12.1. The van der Waals surface area contributed by atoms with Crippen LogP contribution < -0.4 is 0 Å². The van der Waals surface area contributed by atoms with Crippen LogP contribution in [0.2, 0.25) is 0 Å². The lowest BCUT2D eigenvalue weighted by molar-refractivity contribution is -0.139. The van der Waals surface area contributed by atoms with E-state index in [4.69, 9.17) is 0 Å². The maximum Gasteiger partial charge on any atom is 0.166 e. The van der Waals surface area contributed by atoms with Crippen molar-refractivity contribution in [1.29, 1.82) is 0 Å². The fourth-order valence-electron chi connectivity index (χ4n) is 4.13. The normalized spacial score (nSPS) is 21.8. The van der Waals surface area contributed by atoms with Gasteiger partial charge in [-0.15, -0.1) is 0 Å². The van der Waals surface area contributed by atoms with E-state index in [1.807, 2.05) is 0 Å². The van der Waals surface area contributed by atoms with Gasteiger partial charge >= 0.3 is 0 Å². The zero-order chi connectivity index (χ0) is 17.8. The van der Waals surface area contributed by atoms with Crippen LogP contribution in [0.4, 0.5) is 0 Å². The lowest BCUT2D eigenvalue weighted by Crippen LogP contribution is -2.38. The van der Waals surface area contributed by atoms with Gasteiger partial charge < -0.3 is 5.11 Å². The number of ketones is 1. The number of unbranched alkanes of at least 4 members (excludes halogenated alkanes) is 9. The van der Waals surface area contributed by atoms with Crippen molar-refractivity contribution >= 4 is 5.78 Å². The molecule has 2 heteroatoms. The summed E-state index contributed by atoms with van der Waals surface area (Å²) in [4.78, 5) is 12.1. The van der Waals surface area contributed by atoms with Crippen molar-refractivity contribution in [3.63, 3.8) is 0 Å². The van der Waals surface area contributed by atoms with E-state index in [-0.39, 0.29) is 11.7 Å².